The number of amides is 1. The van der Waals surface area contributed by atoms with Gasteiger partial charge in [-0.2, -0.15) is 0 Å². The average Bonchev–Trinajstić information content (AvgIpc) is 3.08. The van der Waals surface area contributed by atoms with E-state index in [2.05, 4.69) is 0 Å². The smallest absolute Gasteiger partial charge is 0.222 e. The first-order valence-corrected chi connectivity index (χ1v) is 6.48. The molecule has 0 unspecified atom stereocenters. The molecule has 1 amide bonds. The molecule has 1 aliphatic carbocycles. The molecule has 1 aromatic heterocycles. The highest BCUT2D eigenvalue weighted by molar-refractivity contribution is 5.99. The second-order valence-corrected chi connectivity index (χ2v) is 5.17. The van der Waals surface area contributed by atoms with Gasteiger partial charge in [0.05, 0.1) is 0 Å². The molecule has 1 aliphatic rings. The Morgan fingerprint density at radius 1 is 1.39 bits per heavy atom. The maximum atomic E-state index is 11.8. The maximum absolute atomic E-state index is 11.8. The summed E-state index contributed by atoms with van der Waals surface area (Å²) in [7, 11) is 3.54. The van der Waals surface area contributed by atoms with E-state index in [1.165, 1.54) is 0 Å². The number of nitrogens with zero attached hydrogens (tertiary/aromatic N) is 2. The number of ketones is 1. The van der Waals surface area contributed by atoms with Crippen molar-refractivity contribution in [1.82, 2.24) is 9.47 Å². The molecule has 0 aromatic carbocycles. The first-order chi connectivity index (χ1) is 8.58. The highest BCUT2D eigenvalue weighted by atomic mass is 16.2. The van der Waals surface area contributed by atoms with Crippen LogP contribution in [0.5, 0.6) is 0 Å². The summed E-state index contributed by atoms with van der Waals surface area (Å²) in [5, 5.41) is 0. The van der Waals surface area contributed by atoms with Crippen LogP contribution in [0.25, 0.3) is 0 Å². The highest BCUT2D eigenvalue weighted by Gasteiger charge is 2.30. The minimum absolute atomic E-state index is 0.149. The van der Waals surface area contributed by atoms with Crippen LogP contribution in [0.1, 0.15) is 36.0 Å². The zero-order valence-electron chi connectivity index (χ0n) is 11.1. The monoisotopic (exact) mass is 248 g/mol. The fraction of sp³-hybridized carbons (Fsp3) is 0.571. The Kier molecular flexibility index (Phi) is 3.84. The molecular formula is C14H20N2O2. The van der Waals surface area contributed by atoms with Gasteiger partial charge in [-0.3, -0.25) is 9.59 Å². The van der Waals surface area contributed by atoms with E-state index >= 15 is 0 Å². The van der Waals surface area contributed by atoms with Gasteiger partial charge in [-0.05, 0) is 25.3 Å². The van der Waals surface area contributed by atoms with Crippen LogP contribution < -0.4 is 0 Å². The molecule has 4 nitrogen and oxygen atoms in total. The molecule has 0 radical (unpaired) electrons. The average molecular weight is 248 g/mol. The zero-order valence-corrected chi connectivity index (χ0v) is 11.1. The van der Waals surface area contributed by atoms with Gasteiger partial charge in [0.1, 0.15) is 0 Å². The van der Waals surface area contributed by atoms with Crippen LogP contribution in [0, 0.1) is 5.92 Å². The molecule has 0 spiro atoms. The van der Waals surface area contributed by atoms with Crippen LogP contribution in [0.2, 0.25) is 0 Å². The topological polar surface area (TPSA) is 42.3 Å². The molecule has 1 aromatic rings. The van der Waals surface area contributed by atoms with Crippen LogP contribution in [-0.4, -0.2) is 35.3 Å². The number of hydrogen-bond donors (Lipinski definition) is 0. The van der Waals surface area contributed by atoms with Crippen molar-refractivity contribution in [3.8, 4) is 0 Å². The molecule has 0 N–H and O–H groups in total. The van der Waals surface area contributed by atoms with Crippen molar-refractivity contribution in [2.24, 2.45) is 5.92 Å². The molecule has 0 bridgehead atoms. The lowest BCUT2D eigenvalue weighted by Crippen LogP contribution is -2.21. The van der Waals surface area contributed by atoms with Gasteiger partial charge in [-0.1, -0.05) is 0 Å². The molecular weight excluding hydrogens is 228 g/mol. The number of hydrogen-bond acceptors (Lipinski definition) is 2. The Morgan fingerprint density at radius 2 is 2.11 bits per heavy atom. The van der Waals surface area contributed by atoms with Gasteiger partial charge in [-0.15, -0.1) is 0 Å². The fourth-order valence-corrected chi connectivity index (χ4v) is 1.94. The Labute approximate surface area is 108 Å². The third-order valence-electron chi connectivity index (χ3n) is 3.29. The van der Waals surface area contributed by atoms with Crippen molar-refractivity contribution in [3.63, 3.8) is 0 Å². The lowest BCUT2D eigenvalue weighted by Gasteiger charge is -2.09. The van der Waals surface area contributed by atoms with Gasteiger partial charge >= 0.3 is 0 Å². The van der Waals surface area contributed by atoms with E-state index in [0.717, 1.165) is 31.4 Å². The lowest BCUT2D eigenvalue weighted by molar-refractivity contribution is -0.128. The summed E-state index contributed by atoms with van der Waals surface area (Å²) < 4.78 is 2.00. The van der Waals surface area contributed by atoms with E-state index < -0.39 is 0 Å². The molecule has 0 atom stereocenters. The van der Waals surface area contributed by atoms with Gasteiger partial charge in [0, 0.05) is 50.9 Å². The van der Waals surface area contributed by atoms with Crippen LogP contribution in [0.3, 0.4) is 0 Å². The predicted octanol–water partition coefficient (Wildman–Crippen LogP) is 1.95. The van der Waals surface area contributed by atoms with Crippen molar-refractivity contribution in [2.75, 3.05) is 14.1 Å². The predicted molar refractivity (Wildman–Crippen MR) is 69.4 cm³/mol. The first kappa shape index (κ1) is 12.9. The van der Waals surface area contributed by atoms with Crippen molar-refractivity contribution in [3.05, 3.63) is 24.0 Å². The number of Topliss-reactive ketones (excluding diaryl/α,β-unsaturated/α-hetero) is 1. The largest absolute Gasteiger partial charge is 0.353 e. The summed E-state index contributed by atoms with van der Waals surface area (Å²) >= 11 is 0. The van der Waals surface area contributed by atoms with Crippen molar-refractivity contribution in [1.29, 1.82) is 0 Å². The van der Waals surface area contributed by atoms with E-state index in [9.17, 15) is 9.59 Å². The molecule has 4 heteroatoms. The molecule has 0 aliphatic heterocycles. The van der Waals surface area contributed by atoms with Crippen LogP contribution in [0.4, 0.5) is 0 Å². The van der Waals surface area contributed by atoms with Crippen LogP contribution in [-0.2, 0) is 11.3 Å². The Bertz CT molecular complexity index is 444. The normalized spacial score (nSPS) is 14.6. The molecule has 2 rings (SSSR count). The zero-order chi connectivity index (χ0) is 13.1. The van der Waals surface area contributed by atoms with Crippen LogP contribution in [0.15, 0.2) is 18.5 Å². The van der Waals surface area contributed by atoms with Gasteiger partial charge < -0.3 is 9.47 Å². The van der Waals surface area contributed by atoms with Gasteiger partial charge in [0.2, 0.25) is 5.91 Å². The highest BCUT2D eigenvalue weighted by Crippen LogP contribution is 2.32. The Balaban J connectivity index is 1.80. The van der Waals surface area contributed by atoms with E-state index in [-0.39, 0.29) is 17.6 Å². The first-order valence-electron chi connectivity index (χ1n) is 6.48. The van der Waals surface area contributed by atoms with Gasteiger partial charge in [-0.25, -0.2) is 0 Å². The van der Waals surface area contributed by atoms with E-state index in [1.54, 1.807) is 19.0 Å². The Morgan fingerprint density at radius 3 is 2.72 bits per heavy atom. The SMILES string of the molecule is CN(C)C(=O)CCCn1ccc(C(=O)C2CC2)c1. The molecule has 1 saturated carbocycles. The molecule has 18 heavy (non-hydrogen) atoms. The van der Waals surface area contributed by atoms with Crippen LogP contribution >= 0.6 is 0 Å². The number of aromatic nitrogens is 1. The van der Waals surface area contributed by atoms with Crippen molar-refractivity contribution >= 4 is 11.7 Å². The van der Waals surface area contributed by atoms with E-state index in [1.807, 2.05) is 23.0 Å². The minimum Gasteiger partial charge on any atom is -0.353 e. The summed E-state index contributed by atoms with van der Waals surface area (Å²) in [6.45, 7) is 0.789. The second-order valence-electron chi connectivity index (χ2n) is 5.17. The third kappa shape index (κ3) is 3.22. The summed E-state index contributed by atoms with van der Waals surface area (Å²) in [5.41, 5.74) is 0.816. The third-order valence-corrected chi connectivity index (χ3v) is 3.29. The van der Waals surface area contributed by atoms with Gasteiger partial charge in [0.25, 0.3) is 0 Å². The quantitative estimate of drug-likeness (QED) is 0.722. The summed E-state index contributed by atoms with van der Waals surface area (Å²) in [6.07, 6.45) is 7.28. The van der Waals surface area contributed by atoms with Crippen molar-refractivity contribution < 1.29 is 9.59 Å². The lowest BCUT2D eigenvalue weighted by atomic mass is 10.1. The van der Waals surface area contributed by atoms with Gasteiger partial charge in [0.15, 0.2) is 5.78 Å². The molecule has 98 valence electrons. The maximum Gasteiger partial charge on any atom is 0.222 e. The molecule has 1 fully saturated rings. The number of rotatable bonds is 6. The summed E-state index contributed by atoms with van der Waals surface area (Å²) in [4.78, 5) is 24.8. The Hall–Kier alpha value is -1.58. The van der Waals surface area contributed by atoms with E-state index in [0.29, 0.717) is 6.42 Å². The number of aryl methyl sites for hydroxylation is 1. The van der Waals surface area contributed by atoms with E-state index in [4.69, 9.17) is 0 Å². The number of carbonyl (C=O) groups is 2. The molecule has 1 heterocycles. The second kappa shape index (κ2) is 5.38. The van der Waals surface area contributed by atoms with Crippen molar-refractivity contribution in [2.45, 2.75) is 32.2 Å². The minimum atomic E-state index is 0.149. The fourth-order valence-electron chi connectivity index (χ4n) is 1.94. The summed E-state index contributed by atoms with van der Waals surface area (Å²) in [5.74, 6) is 0.700. The number of carbonyl (C=O) groups excluding carboxylic acids is 2. The molecule has 0 saturated heterocycles. The standard InChI is InChI=1S/C14H20N2O2/c1-15(2)13(17)4-3-8-16-9-7-12(10-16)14(18)11-5-6-11/h7,9-11H,3-6,8H2,1-2H3. The summed E-state index contributed by atoms with van der Waals surface area (Å²) in [6, 6.07) is 1.88.